The number of fused-ring (bicyclic) bond motifs is 4. The SMILES string of the molecule is O=S(=O)([O-])c1ccc2nc3cc4nc5cc(S(=O)(=O)[O-])ccc5nc4cc3nc2c1.[H-].[Na+].[Na+]. The first-order valence-electron chi connectivity index (χ1n) is 8.33. The Morgan fingerprint density at radius 1 is 0.500 bits per heavy atom. The van der Waals surface area contributed by atoms with Crippen molar-refractivity contribution in [1.29, 1.82) is 0 Å². The number of hydrogen-bond donors (Lipinski definition) is 0. The van der Waals surface area contributed by atoms with Gasteiger partial charge in [0.05, 0.1) is 53.9 Å². The number of benzene rings is 3. The third kappa shape index (κ3) is 4.66. The summed E-state index contributed by atoms with van der Waals surface area (Å²) in [6, 6.07) is 10.6. The summed E-state index contributed by atoms with van der Waals surface area (Å²) in [6.45, 7) is 0. The molecule has 2 aromatic heterocycles. The Hall–Kier alpha value is -1.32. The zero-order valence-corrected chi connectivity index (χ0v) is 22.3. The molecule has 0 aliphatic rings. The van der Waals surface area contributed by atoms with Crippen LogP contribution in [-0.2, 0) is 20.2 Å². The second kappa shape index (κ2) is 8.80. The number of nitrogens with zero attached hydrogens (tertiary/aromatic N) is 4. The molecule has 3 aromatic carbocycles. The van der Waals surface area contributed by atoms with E-state index in [-0.39, 0.29) is 71.6 Å². The molecule has 0 aliphatic carbocycles. The van der Waals surface area contributed by atoms with Gasteiger partial charge in [0.1, 0.15) is 20.2 Å². The summed E-state index contributed by atoms with van der Waals surface area (Å²) >= 11 is 0. The Morgan fingerprint density at radius 2 is 0.781 bits per heavy atom. The molecule has 5 rings (SSSR count). The third-order valence-electron chi connectivity index (χ3n) is 4.51. The molecule has 0 radical (unpaired) electrons. The van der Waals surface area contributed by atoms with Crippen molar-refractivity contribution < 1.29 is 86.5 Å². The summed E-state index contributed by atoms with van der Waals surface area (Å²) in [5.74, 6) is 0. The van der Waals surface area contributed by atoms with Crippen molar-refractivity contribution in [2.24, 2.45) is 0 Å². The van der Waals surface area contributed by atoms with Crippen LogP contribution in [0.1, 0.15) is 1.43 Å². The standard InChI is InChI=1S/C18H10N4O6S2.2Na.H/c23-29(24,25)9-1-3-11-13(5-9)21-17-8-16-18(7-15(17)19-11)22-14-6-10(30(26,27)28)2-4-12(14)20-16;;;/h1-8H,(H,23,24,25)(H,26,27,28);;;/q;2*+1;-1/p-2. The van der Waals surface area contributed by atoms with Gasteiger partial charge in [0.2, 0.25) is 0 Å². The third-order valence-corrected chi connectivity index (χ3v) is 6.17. The van der Waals surface area contributed by atoms with Crippen LogP contribution in [0.3, 0.4) is 0 Å². The quantitative estimate of drug-likeness (QED) is 0.135. The van der Waals surface area contributed by atoms with Crippen molar-refractivity contribution >= 4 is 64.4 Å². The molecule has 0 saturated carbocycles. The first-order valence-corrected chi connectivity index (χ1v) is 11.1. The number of rotatable bonds is 2. The van der Waals surface area contributed by atoms with E-state index in [1.54, 1.807) is 12.1 Å². The van der Waals surface area contributed by atoms with E-state index in [4.69, 9.17) is 0 Å². The Labute approximate surface area is 227 Å². The minimum atomic E-state index is -4.63. The van der Waals surface area contributed by atoms with Gasteiger partial charge >= 0.3 is 59.1 Å². The molecule has 0 spiro atoms. The number of hydrogen-bond acceptors (Lipinski definition) is 10. The van der Waals surface area contributed by atoms with Gasteiger partial charge in [0, 0.05) is 0 Å². The van der Waals surface area contributed by atoms with Crippen molar-refractivity contribution in [3.05, 3.63) is 48.5 Å². The van der Waals surface area contributed by atoms with Crippen LogP contribution >= 0.6 is 0 Å². The zero-order chi connectivity index (χ0) is 21.3. The predicted octanol–water partition coefficient (Wildman–Crippen LogP) is -4.19. The molecule has 0 saturated heterocycles. The molecule has 32 heavy (non-hydrogen) atoms. The van der Waals surface area contributed by atoms with Crippen LogP contribution in [0.25, 0.3) is 44.1 Å². The van der Waals surface area contributed by atoms with E-state index >= 15 is 0 Å². The fourth-order valence-corrected chi connectivity index (χ4v) is 4.10. The van der Waals surface area contributed by atoms with Crippen LogP contribution in [0.4, 0.5) is 0 Å². The Balaban J connectivity index is 0.00000128. The molecule has 2 heterocycles. The van der Waals surface area contributed by atoms with Crippen molar-refractivity contribution in [3.8, 4) is 0 Å². The maximum absolute atomic E-state index is 11.2. The van der Waals surface area contributed by atoms with E-state index in [2.05, 4.69) is 19.9 Å². The maximum Gasteiger partial charge on any atom is 1.00 e. The van der Waals surface area contributed by atoms with Crippen molar-refractivity contribution in [3.63, 3.8) is 0 Å². The molecule has 0 atom stereocenters. The van der Waals surface area contributed by atoms with E-state index < -0.39 is 30.0 Å². The number of aromatic nitrogens is 4. The molecule has 5 aromatic rings. The normalized spacial score (nSPS) is 12.1. The van der Waals surface area contributed by atoms with E-state index in [0.717, 1.165) is 24.3 Å². The first-order chi connectivity index (χ1) is 14.1. The van der Waals surface area contributed by atoms with E-state index in [9.17, 15) is 25.9 Å². The van der Waals surface area contributed by atoms with Crippen molar-refractivity contribution in [2.45, 2.75) is 9.79 Å². The zero-order valence-electron chi connectivity index (χ0n) is 17.7. The largest absolute Gasteiger partial charge is 1.00 e. The molecular weight excluding hydrogens is 478 g/mol. The van der Waals surface area contributed by atoms with Crippen LogP contribution in [-0.4, -0.2) is 45.9 Å². The van der Waals surface area contributed by atoms with Gasteiger partial charge in [-0.15, -0.1) is 0 Å². The molecule has 0 N–H and O–H groups in total. The first kappa shape index (κ1) is 25.3. The van der Waals surface area contributed by atoms with Crippen LogP contribution in [0, 0.1) is 0 Å². The Kier molecular flexibility index (Phi) is 6.96. The maximum atomic E-state index is 11.2. The minimum Gasteiger partial charge on any atom is -1.00 e. The van der Waals surface area contributed by atoms with Gasteiger partial charge in [-0.05, 0) is 48.5 Å². The predicted molar refractivity (Wildman–Crippen MR) is 105 cm³/mol. The topological polar surface area (TPSA) is 166 Å². The van der Waals surface area contributed by atoms with Crippen molar-refractivity contribution in [2.75, 3.05) is 0 Å². The Morgan fingerprint density at radius 3 is 1.09 bits per heavy atom. The van der Waals surface area contributed by atoms with Crippen LogP contribution in [0.15, 0.2) is 58.3 Å². The van der Waals surface area contributed by atoms with Gasteiger partial charge in [-0.3, -0.25) is 0 Å². The monoisotopic (exact) mass is 487 g/mol. The summed E-state index contributed by atoms with van der Waals surface area (Å²) < 4.78 is 67.5. The molecule has 0 unspecified atom stereocenters. The van der Waals surface area contributed by atoms with E-state index in [1.807, 2.05) is 0 Å². The molecule has 14 heteroatoms. The molecule has 0 bridgehead atoms. The van der Waals surface area contributed by atoms with Gasteiger partial charge in [-0.25, -0.2) is 36.8 Å². The fraction of sp³-hybridized carbons (Fsp3) is 0. The molecule has 0 amide bonds. The van der Waals surface area contributed by atoms with Crippen LogP contribution in [0.5, 0.6) is 0 Å². The molecule has 152 valence electrons. The second-order valence-corrected chi connectivity index (χ2v) is 9.25. The van der Waals surface area contributed by atoms with Crippen LogP contribution in [0.2, 0.25) is 0 Å². The summed E-state index contributed by atoms with van der Waals surface area (Å²) in [7, 11) is -9.25. The molecule has 10 nitrogen and oxygen atoms in total. The summed E-state index contributed by atoms with van der Waals surface area (Å²) in [5, 5.41) is 0. The average molecular weight is 487 g/mol. The van der Waals surface area contributed by atoms with Gasteiger partial charge in [0.25, 0.3) is 0 Å². The van der Waals surface area contributed by atoms with Gasteiger partial charge < -0.3 is 10.5 Å². The summed E-state index contributed by atoms with van der Waals surface area (Å²) in [5.41, 5.74) is 2.91. The summed E-state index contributed by atoms with van der Waals surface area (Å²) in [4.78, 5) is 16.8. The molecular formula is C18H9N4Na2O6S2-. The molecule has 0 fully saturated rings. The summed E-state index contributed by atoms with van der Waals surface area (Å²) in [6.07, 6.45) is 0. The van der Waals surface area contributed by atoms with Gasteiger partial charge in [-0.1, -0.05) is 0 Å². The minimum absolute atomic E-state index is 0. The van der Waals surface area contributed by atoms with Crippen LogP contribution < -0.4 is 59.1 Å². The molecule has 0 aliphatic heterocycles. The van der Waals surface area contributed by atoms with Gasteiger partial charge in [-0.2, -0.15) is 0 Å². The van der Waals surface area contributed by atoms with Crippen molar-refractivity contribution in [1.82, 2.24) is 19.9 Å². The smallest absolute Gasteiger partial charge is 1.00 e. The fourth-order valence-electron chi connectivity index (χ4n) is 3.12. The van der Waals surface area contributed by atoms with E-state index in [1.165, 1.54) is 12.1 Å². The average Bonchev–Trinajstić information content (AvgIpc) is 2.66. The van der Waals surface area contributed by atoms with E-state index in [0.29, 0.717) is 33.1 Å². The second-order valence-electron chi connectivity index (χ2n) is 6.49. The van der Waals surface area contributed by atoms with Gasteiger partial charge in [0.15, 0.2) is 0 Å². The Bertz CT molecular complexity index is 1640.